The van der Waals surface area contributed by atoms with Crippen LogP contribution >= 0.6 is 11.6 Å². The summed E-state index contributed by atoms with van der Waals surface area (Å²) < 4.78 is 32.7. The number of rotatable bonds is 6. The van der Waals surface area contributed by atoms with Crippen LogP contribution < -0.4 is 4.74 Å². The monoisotopic (exact) mass is 450 g/mol. The number of halogens is 1. The van der Waals surface area contributed by atoms with Crippen molar-refractivity contribution in [2.24, 2.45) is 0 Å². The number of amides is 1. The highest BCUT2D eigenvalue weighted by Gasteiger charge is 2.31. The van der Waals surface area contributed by atoms with E-state index in [4.69, 9.17) is 16.3 Å². The maximum atomic E-state index is 13.0. The van der Waals surface area contributed by atoms with Gasteiger partial charge in [-0.3, -0.25) is 4.79 Å². The average Bonchev–Trinajstić information content (AvgIpc) is 2.73. The molecule has 1 fully saturated rings. The SMILES string of the molecule is COc1ccc(CCC(=O)N2CCN(S(=O)(=O)c3cc(C)ccc3C)CC2)cc1Cl. The van der Waals surface area contributed by atoms with Crippen molar-refractivity contribution < 1.29 is 17.9 Å². The van der Waals surface area contributed by atoms with Crippen molar-refractivity contribution in [3.8, 4) is 5.75 Å². The van der Waals surface area contributed by atoms with Gasteiger partial charge in [0.15, 0.2) is 0 Å². The largest absolute Gasteiger partial charge is 0.495 e. The summed E-state index contributed by atoms with van der Waals surface area (Å²) >= 11 is 6.14. The molecule has 162 valence electrons. The first-order valence-corrected chi connectivity index (χ1v) is 11.7. The predicted molar refractivity (Wildman–Crippen MR) is 118 cm³/mol. The van der Waals surface area contributed by atoms with Gasteiger partial charge in [-0.1, -0.05) is 29.8 Å². The number of carbonyl (C=O) groups excluding carboxylic acids is 1. The van der Waals surface area contributed by atoms with Gasteiger partial charge in [-0.05, 0) is 55.2 Å². The highest BCUT2D eigenvalue weighted by molar-refractivity contribution is 7.89. The van der Waals surface area contributed by atoms with Gasteiger partial charge < -0.3 is 9.64 Å². The van der Waals surface area contributed by atoms with E-state index in [1.165, 1.54) is 4.31 Å². The van der Waals surface area contributed by atoms with Crippen molar-refractivity contribution in [1.82, 2.24) is 9.21 Å². The van der Waals surface area contributed by atoms with Crippen LogP contribution in [-0.2, 0) is 21.2 Å². The van der Waals surface area contributed by atoms with Crippen molar-refractivity contribution in [2.75, 3.05) is 33.3 Å². The number of benzene rings is 2. The van der Waals surface area contributed by atoms with Crippen LogP contribution in [0.5, 0.6) is 5.75 Å². The lowest BCUT2D eigenvalue weighted by Crippen LogP contribution is -2.50. The van der Waals surface area contributed by atoms with Gasteiger partial charge in [0, 0.05) is 32.6 Å². The highest BCUT2D eigenvalue weighted by Crippen LogP contribution is 2.26. The van der Waals surface area contributed by atoms with Gasteiger partial charge in [0.05, 0.1) is 17.0 Å². The summed E-state index contributed by atoms with van der Waals surface area (Å²) in [6.07, 6.45) is 0.927. The standard InChI is InChI=1S/C22H27ClN2O4S/c1-16-4-5-17(2)21(14-16)30(27,28)25-12-10-24(11-13-25)22(26)9-7-18-6-8-20(29-3)19(23)15-18/h4-6,8,14-15H,7,9-13H2,1-3H3. The second-order valence-corrected chi connectivity index (χ2v) is 9.84. The Bertz CT molecular complexity index is 1030. The Morgan fingerprint density at radius 3 is 2.40 bits per heavy atom. The molecule has 30 heavy (non-hydrogen) atoms. The fourth-order valence-electron chi connectivity index (χ4n) is 3.58. The molecule has 2 aromatic carbocycles. The first-order valence-electron chi connectivity index (χ1n) is 9.90. The molecule has 8 heteroatoms. The second kappa shape index (κ2) is 9.37. The first kappa shape index (κ1) is 22.6. The van der Waals surface area contributed by atoms with Crippen molar-refractivity contribution in [3.05, 3.63) is 58.1 Å². The van der Waals surface area contributed by atoms with Gasteiger partial charge in [-0.2, -0.15) is 4.31 Å². The van der Waals surface area contributed by atoms with Crippen molar-refractivity contribution in [2.45, 2.75) is 31.6 Å². The first-order chi connectivity index (χ1) is 14.2. The lowest BCUT2D eigenvalue weighted by molar-refractivity contribution is -0.132. The average molecular weight is 451 g/mol. The third-order valence-electron chi connectivity index (χ3n) is 5.40. The summed E-state index contributed by atoms with van der Waals surface area (Å²) in [7, 11) is -2.00. The second-order valence-electron chi connectivity index (χ2n) is 7.52. The molecule has 0 unspecified atom stereocenters. The van der Waals surface area contributed by atoms with Crippen LogP contribution in [0.15, 0.2) is 41.3 Å². The van der Waals surface area contributed by atoms with E-state index < -0.39 is 10.0 Å². The summed E-state index contributed by atoms with van der Waals surface area (Å²) in [4.78, 5) is 14.7. The van der Waals surface area contributed by atoms with Gasteiger partial charge in [-0.15, -0.1) is 0 Å². The van der Waals surface area contributed by atoms with Crippen LogP contribution in [0, 0.1) is 13.8 Å². The molecule has 0 radical (unpaired) electrons. The van der Waals surface area contributed by atoms with E-state index in [0.29, 0.717) is 54.7 Å². The lowest BCUT2D eigenvalue weighted by Gasteiger charge is -2.34. The van der Waals surface area contributed by atoms with Crippen LogP contribution in [0.4, 0.5) is 0 Å². The number of sulfonamides is 1. The number of piperazine rings is 1. The molecule has 0 aliphatic carbocycles. The fraction of sp³-hybridized carbons (Fsp3) is 0.409. The number of methoxy groups -OCH3 is 1. The van der Waals surface area contributed by atoms with Crippen LogP contribution in [-0.4, -0.2) is 56.8 Å². The Labute approximate surface area is 183 Å². The van der Waals surface area contributed by atoms with E-state index in [2.05, 4.69) is 0 Å². The number of carbonyl (C=O) groups is 1. The van der Waals surface area contributed by atoms with Crippen LogP contribution in [0.3, 0.4) is 0 Å². The molecule has 0 bridgehead atoms. The molecule has 0 atom stereocenters. The van der Waals surface area contributed by atoms with Crippen molar-refractivity contribution in [1.29, 1.82) is 0 Å². The minimum Gasteiger partial charge on any atom is -0.495 e. The number of hydrogen-bond acceptors (Lipinski definition) is 4. The van der Waals surface area contributed by atoms with Gasteiger partial charge in [0.2, 0.25) is 15.9 Å². The zero-order valence-corrected chi connectivity index (χ0v) is 19.1. The summed E-state index contributed by atoms with van der Waals surface area (Å²) in [5, 5.41) is 0.521. The summed E-state index contributed by atoms with van der Waals surface area (Å²) in [5.41, 5.74) is 2.61. The quantitative estimate of drug-likeness (QED) is 0.676. The maximum Gasteiger partial charge on any atom is 0.243 e. The highest BCUT2D eigenvalue weighted by atomic mass is 35.5. The Morgan fingerprint density at radius 2 is 1.77 bits per heavy atom. The molecule has 3 rings (SSSR count). The normalized spacial score (nSPS) is 15.3. The van der Waals surface area contributed by atoms with Crippen LogP contribution in [0.1, 0.15) is 23.1 Å². The zero-order chi connectivity index (χ0) is 21.9. The van der Waals surface area contributed by atoms with E-state index >= 15 is 0 Å². The van der Waals surface area contributed by atoms with E-state index in [0.717, 1.165) is 16.7 Å². The van der Waals surface area contributed by atoms with Crippen molar-refractivity contribution in [3.63, 3.8) is 0 Å². The molecule has 1 amide bonds. The molecule has 0 aromatic heterocycles. The van der Waals surface area contributed by atoms with E-state index in [9.17, 15) is 13.2 Å². The van der Waals surface area contributed by atoms with Crippen LogP contribution in [0.25, 0.3) is 0 Å². The summed E-state index contributed by atoms with van der Waals surface area (Å²) in [5.74, 6) is 0.624. The Hall–Kier alpha value is -2.09. The number of ether oxygens (including phenoxy) is 1. The molecule has 0 N–H and O–H groups in total. The molecule has 1 saturated heterocycles. The van der Waals surface area contributed by atoms with E-state index in [-0.39, 0.29) is 5.91 Å². The molecule has 1 aliphatic heterocycles. The minimum atomic E-state index is -3.56. The Balaban J connectivity index is 1.57. The maximum absolute atomic E-state index is 13.0. The topological polar surface area (TPSA) is 66.9 Å². The molecule has 6 nitrogen and oxygen atoms in total. The zero-order valence-electron chi connectivity index (χ0n) is 17.5. The Kier molecular flexibility index (Phi) is 7.06. The van der Waals surface area contributed by atoms with E-state index in [1.807, 2.05) is 31.2 Å². The molecular weight excluding hydrogens is 424 g/mol. The van der Waals surface area contributed by atoms with Gasteiger partial charge in [0.25, 0.3) is 0 Å². The van der Waals surface area contributed by atoms with Gasteiger partial charge in [-0.25, -0.2) is 8.42 Å². The van der Waals surface area contributed by atoms with Gasteiger partial charge >= 0.3 is 0 Å². The lowest BCUT2D eigenvalue weighted by atomic mass is 10.1. The summed E-state index contributed by atoms with van der Waals surface area (Å²) in [6.45, 7) is 5.08. The summed E-state index contributed by atoms with van der Waals surface area (Å²) in [6, 6.07) is 10.9. The number of aryl methyl sites for hydroxylation is 3. The van der Waals surface area contributed by atoms with Crippen LogP contribution in [0.2, 0.25) is 5.02 Å². The van der Waals surface area contributed by atoms with Crippen molar-refractivity contribution >= 4 is 27.5 Å². The van der Waals surface area contributed by atoms with E-state index in [1.54, 1.807) is 31.1 Å². The third kappa shape index (κ3) is 4.96. The minimum absolute atomic E-state index is 0.0192. The Morgan fingerprint density at radius 1 is 1.07 bits per heavy atom. The molecular formula is C22H27ClN2O4S. The predicted octanol–water partition coefficient (Wildman–Crippen LogP) is 3.43. The smallest absolute Gasteiger partial charge is 0.243 e. The number of hydrogen-bond donors (Lipinski definition) is 0. The molecule has 0 spiro atoms. The fourth-order valence-corrected chi connectivity index (χ4v) is 5.59. The third-order valence-corrected chi connectivity index (χ3v) is 7.73. The molecule has 0 saturated carbocycles. The number of nitrogens with zero attached hydrogens (tertiary/aromatic N) is 2. The van der Waals surface area contributed by atoms with Gasteiger partial charge in [0.1, 0.15) is 5.75 Å². The molecule has 1 aliphatic rings. The molecule has 1 heterocycles. The molecule has 2 aromatic rings.